The van der Waals surface area contributed by atoms with Crippen LogP contribution >= 0.6 is 0 Å². The van der Waals surface area contributed by atoms with Crippen LogP contribution in [0.25, 0.3) is 11.1 Å². The van der Waals surface area contributed by atoms with Gasteiger partial charge in [-0.3, -0.25) is 0 Å². The third-order valence-corrected chi connectivity index (χ3v) is 4.61. The first kappa shape index (κ1) is 11.5. The minimum absolute atomic E-state index is 1.22. The van der Waals surface area contributed by atoms with E-state index in [0.717, 1.165) is 0 Å². The van der Waals surface area contributed by atoms with Gasteiger partial charge in [0, 0.05) is 0 Å². The van der Waals surface area contributed by atoms with E-state index in [2.05, 4.69) is 52.0 Å². The summed E-state index contributed by atoms with van der Waals surface area (Å²) < 4.78 is 0. The molecule has 0 atom stereocenters. The van der Waals surface area contributed by atoms with E-state index >= 15 is 0 Å². The fraction of sp³-hybridized carbons (Fsp3) is 0.333. The molecule has 2 aromatic carbocycles. The molecule has 0 saturated heterocycles. The van der Waals surface area contributed by atoms with E-state index in [1.165, 1.54) is 51.8 Å². The number of fused-ring (bicyclic) bond motifs is 2. The molecular formula is C18H20. The van der Waals surface area contributed by atoms with Crippen molar-refractivity contribution in [2.24, 2.45) is 0 Å². The van der Waals surface area contributed by atoms with Crippen molar-refractivity contribution in [1.29, 1.82) is 0 Å². The molecule has 92 valence electrons. The average molecular weight is 236 g/mol. The maximum absolute atomic E-state index is 2.39. The molecule has 0 N–H and O–H groups in total. The van der Waals surface area contributed by atoms with E-state index in [-0.39, 0.29) is 0 Å². The van der Waals surface area contributed by atoms with Gasteiger partial charge in [0.25, 0.3) is 0 Å². The monoisotopic (exact) mass is 236 g/mol. The molecule has 0 saturated carbocycles. The van der Waals surface area contributed by atoms with Gasteiger partial charge in [0.2, 0.25) is 0 Å². The molecule has 0 amide bonds. The summed E-state index contributed by atoms with van der Waals surface area (Å²) >= 11 is 0. The van der Waals surface area contributed by atoms with Crippen molar-refractivity contribution in [3.8, 4) is 11.1 Å². The Hall–Kier alpha value is -1.56. The molecule has 0 unspecified atom stereocenters. The lowest BCUT2D eigenvalue weighted by Gasteiger charge is -2.14. The van der Waals surface area contributed by atoms with Gasteiger partial charge in [0.1, 0.15) is 0 Å². The van der Waals surface area contributed by atoms with Gasteiger partial charge in [0.05, 0.1) is 0 Å². The van der Waals surface area contributed by atoms with Crippen LogP contribution in [0, 0.1) is 27.7 Å². The summed E-state index contributed by atoms with van der Waals surface area (Å²) in [4.78, 5) is 0. The molecule has 0 heteroatoms. The highest BCUT2D eigenvalue weighted by Crippen LogP contribution is 2.35. The second-order valence-corrected chi connectivity index (χ2v) is 5.61. The van der Waals surface area contributed by atoms with Crippen molar-refractivity contribution in [1.82, 2.24) is 0 Å². The van der Waals surface area contributed by atoms with Crippen LogP contribution in [0.3, 0.4) is 0 Å². The Kier molecular flexibility index (Phi) is 2.55. The molecule has 0 aromatic heterocycles. The molecule has 1 aliphatic rings. The van der Waals surface area contributed by atoms with E-state index in [0.29, 0.717) is 0 Å². The predicted molar refractivity (Wildman–Crippen MR) is 78.2 cm³/mol. The van der Waals surface area contributed by atoms with Crippen LogP contribution in [0.2, 0.25) is 0 Å². The van der Waals surface area contributed by atoms with Gasteiger partial charge in [-0.25, -0.2) is 0 Å². The number of hydrogen-bond donors (Lipinski definition) is 0. The van der Waals surface area contributed by atoms with Crippen molar-refractivity contribution >= 4 is 0 Å². The molecular weight excluding hydrogens is 216 g/mol. The number of hydrogen-bond acceptors (Lipinski definition) is 0. The summed E-state index contributed by atoms with van der Waals surface area (Å²) in [5.41, 5.74) is 11.6. The van der Waals surface area contributed by atoms with Crippen molar-refractivity contribution in [3.05, 3.63) is 57.6 Å². The first-order valence-electron chi connectivity index (χ1n) is 6.77. The van der Waals surface area contributed by atoms with E-state index in [1.54, 1.807) is 5.56 Å². The Morgan fingerprint density at radius 3 is 2.28 bits per heavy atom. The van der Waals surface area contributed by atoms with Crippen LogP contribution in [-0.2, 0) is 12.8 Å². The lowest BCUT2D eigenvalue weighted by Crippen LogP contribution is -1.94. The normalized spacial score (nSPS) is 13.1. The van der Waals surface area contributed by atoms with Crippen LogP contribution in [-0.4, -0.2) is 0 Å². The second kappa shape index (κ2) is 3.98. The largest absolute Gasteiger partial charge is 0.0584 e. The third-order valence-electron chi connectivity index (χ3n) is 4.61. The summed E-state index contributed by atoms with van der Waals surface area (Å²) in [5.74, 6) is 0. The SMILES string of the molecule is Cc1ccc(-c2cc3cc(c2C)CC3)c(C)c1C. The highest BCUT2D eigenvalue weighted by molar-refractivity contribution is 5.74. The number of aryl methyl sites for hydroxylation is 3. The van der Waals surface area contributed by atoms with Crippen LogP contribution in [0.4, 0.5) is 0 Å². The first-order valence-corrected chi connectivity index (χ1v) is 6.77. The zero-order valence-corrected chi connectivity index (χ0v) is 11.7. The summed E-state index contributed by atoms with van der Waals surface area (Å²) in [7, 11) is 0. The third kappa shape index (κ3) is 1.59. The Labute approximate surface area is 110 Å². The minimum Gasteiger partial charge on any atom is -0.0584 e. The van der Waals surface area contributed by atoms with Crippen LogP contribution < -0.4 is 0 Å². The van der Waals surface area contributed by atoms with E-state index in [9.17, 15) is 0 Å². The van der Waals surface area contributed by atoms with Crippen molar-refractivity contribution in [2.45, 2.75) is 40.5 Å². The van der Waals surface area contributed by atoms with Gasteiger partial charge in [0.15, 0.2) is 0 Å². The molecule has 0 fully saturated rings. The Bertz CT molecular complexity index is 633. The molecule has 0 spiro atoms. The average Bonchev–Trinajstić information content (AvgIpc) is 2.76. The summed E-state index contributed by atoms with van der Waals surface area (Å²) in [6.07, 6.45) is 2.45. The topological polar surface area (TPSA) is 0 Å². The van der Waals surface area contributed by atoms with Gasteiger partial charge >= 0.3 is 0 Å². The molecule has 0 aliphatic heterocycles. The molecule has 0 nitrogen and oxygen atoms in total. The van der Waals surface area contributed by atoms with Crippen LogP contribution in [0.5, 0.6) is 0 Å². The Morgan fingerprint density at radius 1 is 0.722 bits per heavy atom. The van der Waals surface area contributed by atoms with Crippen molar-refractivity contribution in [2.75, 3.05) is 0 Å². The molecule has 18 heavy (non-hydrogen) atoms. The highest BCUT2D eigenvalue weighted by Gasteiger charge is 2.16. The fourth-order valence-corrected chi connectivity index (χ4v) is 3.05. The summed E-state index contributed by atoms with van der Waals surface area (Å²) in [5, 5.41) is 0. The fourth-order valence-electron chi connectivity index (χ4n) is 3.05. The standard InChI is InChI=1S/C18H20/c1-11-5-8-17(13(3)12(11)2)18-10-15-6-7-16(9-15)14(18)4/h5,8-10H,6-7H2,1-4H3. The molecule has 3 rings (SSSR count). The van der Waals surface area contributed by atoms with Crippen LogP contribution in [0.15, 0.2) is 24.3 Å². The lowest BCUT2D eigenvalue weighted by atomic mass is 9.90. The van der Waals surface area contributed by atoms with Gasteiger partial charge in [-0.2, -0.15) is 0 Å². The van der Waals surface area contributed by atoms with Gasteiger partial charge in [-0.15, -0.1) is 0 Å². The zero-order chi connectivity index (χ0) is 12.9. The summed E-state index contributed by atoms with van der Waals surface area (Å²) in [6, 6.07) is 9.30. The maximum atomic E-state index is 2.39. The Balaban J connectivity index is 2.26. The Morgan fingerprint density at radius 2 is 1.50 bits per heavy atom. The van der Waals surface area contributed by atoms with Gasteiger partial charge < -0.3 is 0 Å². The second-order valence-electron chi connectivity index (χ2n) is 5.61. The number of rotatable bonds is 1. The smallest absolute Gasteiger partial charge is 0.0146 e. The minimum atomic E-state index is 1.22. The zero-order valence-electron chi connectivity index (χ0n) is 11.7. The molecule has 2 bridgehead atoms. The summed E-state index contributed by atoms with van der Waals surface area (Å²) in [6.45, 7) is 8.95. The van der Waals surface area contributed by atoms with Crippen LogP contribution in [0.1, 0.15) is 33.4 Å². The van der Waals surface area contributed by atoms with Crippen molar-refractivity contribution in [3.63, 3.8) is 0 Å². The van der Waals surface area contributed by atoms with Gasteiger partial charge in [-0.05, 0) is 85.0 Å². The molecule has 2 aromatic rings. The quantitative estimate of drug-likeness (QED) is 0.674. The van der Waals surface area contributed by atoms with E-state index < -0.39 is 0 Å². The van der Waals surface area contributed by atoms with Gasteiger partial charge in [-0.1, -0.05) is 24.3 Å². The molecule has 1 aliphatic carbocycles. The predicted octanol–water partition coefficient (Wildman–Crippen LogP) is 4.69. The van der Waals surface area contributed by atoms with E-state index in [1.807, 2.05) is 0 Å². The molecule has 0 radical (unpaired) electrons. The van der Waals surface area contributed by atoms with Crippen molar-refractivity contribution < 1.29 is 0 Å². The van der Waals surface area contributed by atoms with E-state index in [4.69, 9.17) is 0 Å². The first-order chi connectivity index (χ1) is 8.58. The lowest BCUT2D eigenvalue weighted by molar-refractivity contribution is 1.02. The maximum Gasteiger partial charge on any atom is -0.0146 e. The number of benzene rings is 2. The molecule has 0 heterocycles. The highest BCUT2D eigenvalue weighted by atomic mass is 14.2.